The molecule has 0 saturated heterocycles. The normalized spacial score (nSPS) is 11.4. The van der Waals surface area contributed by atoms with E-state index in [-0.39, 0.29) is 0 Å². The molecule has 1 aromatic rings. The Hall–Kier alpha value is -1.07. The maximum atomic E-state index is 5.26. The van der Waals surface area contributed by atoms with E-state index < -0.39 is 0 Å². The lowest BCUT2D eigenvalue weighted by atomic mass is 10.5. The van der Waals surface area contributed by atoms with Gasteiger partial charge < -0.3 is 5.32 Å². The summed E-state index contributed by atoms with van der Waals surface area (Å²) in [5, 5.41) is 5.05. The van der Waals surface area contributed by atoms with Crippen molar-refractivity contribution in [1.29, 1.82) is 0 Å². The van der Waals surface area contributed by atoms with Crippen LogP contribution in [0.3, 0.4) is 0 Å². The zero-order valence-electron chi connectivity index (χ0n) is 7.58. The van der Waals surface area contributed by atoms with Crippen LogP contribution < -0.4 is 16.6 Å². The third-order valence-corrected chi connectivity index (χ3v) is 2.32. The molecule has 4 nitrogen and oxygen atoms in total. The van der Waals surface area contributed by atoms with E-state index in [1.54, 1.807) is 11.3 Å². The van der Waals surface area contributed by atoms with Crippen LogP contribution in [0, 0.1) is 0 Å². The lowest BCUT2D eigenvalue weighted by molar-refractivity contribution is 0.854. The number of aliphatic imine (C=N–C) groups is 1. The molecule has 0 bridgehead atoms. The number of thiophene rings is 1. The molecular weight excluding hydrogens is 184 g/mol. The second-order valence-corrected chi connectivity index (χ2v) is 3.45. The van der Waals surface area contributed by atoms with E-state index in [2.05, 4.69) is 15.7 Å². The van der Waals surface area contributed by atoms with Crippen molar-refractivity contribution < 1.29 is 0 Å². The minimum Gasteiger partial charge on any atom is -0.356 e. The van der Waals surface area contributed by atoms with Crippen molar-refractivity contribution in [2.24, 2.45) is 10.8 Å². The summed E-state index contributed by atoms with van der Waals surface area (Å²) in [7, 11) is 0. The number of nitrogens with two attached hydrogens (primary N) is 1. The van der Waals surface area contributed by atoms with Gasteiger partial charge in [-0.3, -0.25) is 5.43 Å². The summed E-state index contributed by atoms with van der Waals surface area (Å²) in [5.41, 5.74) is 2.51. The van der Waals surface area contributed by atoms with Crippen molar-refractivity contribution in [1.82, 2.24) is 10.7 Å². The van der Waals surface area contributed by atoms with Gasteiger partial charge in [0.25, 0.3) is 0 Å². The SMILES string of the molecule is CCNC(=NCc1cccs1)NN. The molecule has 5 heteroatoms. The van der Waals surface area contributed by atoms with Crippen molar-refractivity contribution >= 4 is 17.3 Å². The van der Waals surface area contributed by atoms with E-state index in [9.17, 15) is 0 Å². The number of nitrogens with zero attached hydrogens (tertiary/aromatic N) is 1. The van der Waals surface area contributed by atoms with Crippen LogP contribution in [0.15, 0.2) is 22.5 Å². The van der Waals surface area contributed by atoms with Crippen LogP contribution in [-0.4, -0.2) is 12.5 Å². The molecule has 13 heavy (non-hydrogen) atoms. The van der Waals surface area contributed by atoms with Gasteiger partial charge in [-0.15, -0.1) is 11.3 Å². The number of rotatable bonds is 3. The smallest absolute Gasteiger partial charge is 0.206 e. The van der Waals surface area contributed by atoms with Crippen molar-refractivity contribution in [3.8, 4) is 0 Å². The molecule has 0 unspecified atom stereocenters. The van der Waals surface area contributed by atoms with E-state index >= 15 is 0 Å². The molecule has 1 heterocycles. The fourth-order valence-electron chi connectivity index (χ4n) is 0.880. The molecule has 72 valence electrons. The van der Waals surface area contributed by atoms with Gasteiger partial charge in [-0.1, -0.05) is 6.07 Å². The number of guanidine groups is 1. The number of hydrogen-bond donors (Lipinski definition) is 3. The zero-order chi connectivity index (χ0) is 9.52. The molecule has 0 aliphatic rings. The minimum atomic E-state index is 0.635. The highest BCUT2D eigenvalue weighted by atomic mass is 32.1. The maximum Gasteiger partial charge on any atom is 0.206 e. The molecule has 0 aliphatic heterocycles. The van der Waals surface area contributed by atoms with Crippen molar-refractivity contribution in [2.75, 3.05) is 6.54 Å². The van der Waals surface area contributed by atoms with Crippen LogP contribution >= 0.6 is 11.3 Å². The molecule has 0 atom stereocenters. The monoisotopic (exact) mass is 198 g/mol. The van der Waals surface area contributed by atoms with E-state index in [0.717, 1.165) is 6.54 Å². The Labute approximate surface area is 81.8 Å². The molecule has 0 spiro atoms. The Morgan fingerprint density at radius 2 is 2.54 bits per heavy atom. The third-order valence-electron chi connectivity index (χ3n) is 1.45. The summed E-state index contributed by atoms with van der Waals surface area (Å²) >= 11 is 1.69. The molecule has 0 radical (unpaired) electrons. The first-order chi connectivity index (χ1) is 6.36. The van der Waals surface area contributed by atoms with Crippen LogP contribution in [0.4, 0.5) is 0 Å². The quantitative estimate of drug-likeness (QED) is 0.290. The molecule has 1 rings (SSSR count). The first-order valence-corrected chi connectivity index (χ1v) is 5.02. The molecule has 0 aromatic carbocycles. The second-order valence-electron chi connectivity index (χ2n) is 2.42. The maximum absolute atomic E-state index is 5.26. The average Bonchev–Trinajstić information content (AvgIpc) is 2.64. The van der Waals surface area contributed by atoms with Gasteiger partial charge in [-0.05, 0) is 18.4 Å². The van der Waals surface area contributed by atoms with Gasteiger partial charge in [0.2, 0.25) is 5.96 Å². The molecule has 0 fully saturated rings. The van der Waals surface area contributed by atoms with Crippen molar-refractivity contribution in [2.45, 2.75) is 13.5 Å². The lowest BCUT2D eigenvalue weighted by Gasteiger charge is -2.05. The Morgan fingerprint density at radius 1 is 1.69 bits per heavy atom. The Balaban J connectivity index is 2.45. The van der Waals surface area contributed by atoms with Crippen LogP contribution in [0.1, 0.15) is 11.8 Å². The number of nitrogens with one attached hydrogen (secondary N) is 2. The Bertz CT molecular complexity index is 255. The average molecular weight is 198 g/mol. The molecule has 0 aliphatic carbocycles. The first kappa shape index (κ1) is 10.0. The fraction of sp³-hybridized carbons (Fsp3) is 0.375. The molecule has 1 aromatic heterocycles. The van der Waals surface area contributed by atoms with Gasteiger partial charge >= 0.3 is 0 Å². The lowest BCUT2D eigenvalue weighted by Crippen LogP contribution is -2.41. The Kier molecular flexibility index (Phi) is 4.28. The number of hydrogen-bond acceptors (Lipinski definition) is 3. The highest BCUT2D eigenvalue weighted by Gasteiger charge is 1.94. The molecule has 0 amide bonds. The standard InChI is InChI=1S/C8H14N4S/c1-2-10-8(12-9)11-6-7-4-3-5-13-7/h3-5H,2,6,9H2,1H3,(H2,10,11,12). The van der Waals surface area contributed by atoms with Gasteiger partial charge in [0.15, 0.2) is 0 Å². The predicted octanol–water partition coefficient (Wildman–Crippen LogP) is 0.677. The second kappa shape index (κ2) is 5.55. The summed E-state index contributed by atoms with van der Waals surface area (Å²) in [6.07, 6.45) is 0. The topological polar surface area (TPSA) is 62.4 Å². The van der Waals surface area contributed by atoms with Gasteiger partial charge in [0.05, 0.1) is 6.54 Å². The van der Waals surface area contributed by atoms with Gasteiger partial charge in [-0.2, -0.15) is 0 Å². The zero-order valence-corrected chi connectivity index (χ0v) is 8.40. The molecule has 0 saturated carbocycles. The van der Waals surface area contributed by atoms with E-state index in [4.69, 9.17) is 5.84 Å². The van der Waals surface area contributed by atoms with Crippen molar-refractivity contribution in [3.63, 3.8) is 0 Å². The summed E-state index contributed by atoms with van der Waals surface area (Å²) in [6.45, 7) is 3.48. The molecular formula is C8H14N4S. The van der Waals surface area contributed by atoms with Crippen molar-refractivity contribution in [3.05, 3.63) is 22.4 Å². The third kappa shape index (κ3) is 3.43. The van der Waals surface area contributed by atoms with Crippen LogP contribution in [0.2, 0.25) is 0 Å². The highest BCUT2D eigenvalue weighted by Crippen LogP contribution is 2.08. The summed E-state index contributed by atoms with van der Waals surface area (Å²) < 4.78 is 0. The van der Waals surface area contributed by atoms with Crippen LogP contribution in [-0.2, 0) is 6.54 Å². The van der Waals surface area contributed by atoms with E-state index in [1.807, 2.05) is 24.4 Å². The van der Waals surface area contributed by atoms with Crippen LogP contribution in [0.25, 0.3) is 0 Å². The van der Waals surface area contributed by atoms with E-state index in [0.29, 0.717) is 12.5 Å². The van der Waals surface area contributed by atoms with Gasteiger partial charge in [-0.25, -0.2) is 10.8 Å². The summed E-state index contributed by atoms with van der Waals surface area (Å²) in [6, 6.07) is 4.06. The number of hydrazine groups is 1. The highest BCUT2D eigenvalue weighted by molar-refractivity contribution is 7.09. The van der Waals surface area contributed by atoms with Crippen LogP contribution in [0.5, 0.6) is 0 Å². The largest absolute Gasteiger partial charge is 0.356 e. The fourth-order valence-corrected chi connectivity index (χ4v) is 1.51. The minimum absolute atomic E-state index is 0.635. The summed E-state index contributed by atoms with van der Waals surface area (Å²) in [4.78, 5) is 5.48. The predicted molar refractivity (Wildman–Crippen MR) is 56.5 cm³/mol. The first-order valence-electron chi connectivity index (χ1n) is 4.14. The van der Waals surface area contributed by atoms with Gasteiger partial charge in [0.1, 0.15) is 0 Å². The Morgan fingerprint density at radius 3 is 3.08 bits per heavy atom. The summed E-state index contributed by atoms with van der Waals surface area (Å²) in [5.74, 6) is 5.89. The molecule has 4 N–H and O–H groups in total. The van der Waals surface area contributed by atoms with Gasteiger partial charge in [0, 0.05) is 11.4 Å². The van der Waals surface area contributed by atoms with E-state index in [1.165, 1.54) is 4.88 Å².